The highest BCUT2D eigenvalue weighted by molar-refractivity contribution is 9.10. The van der Waals surface area contributed by atoms with E-state index in [1.165, 1.54) is 23.7 Å². The Hall–Kier alpha value is -2.25. The molecule has 1 saturated heterocycles. The Labute approximate surface area is 208 Å². The van der Waals surface area contributed by atoms with Crippen molar-refractivity contribution in [2.45, 2.75) is 58.4 Å². The average molecular weight is 530 g/mol. The molecule has 5 nitrogen and oxygen atoms in total. The van der Waals surface area contributed by atoms with Crippen LogP contribution in [0, 0.1) is 0 Å². The van der Waals surface area contributed by atoms with Crippen molar-refractivity contribution in [2.24, 2.45) is 4.99 Å². The summed E-state index contributed by atoms with van der Waals surface area (Å²) in [7, 11) is 0. The third-order valence-corrected chi connectivity index (χ3v) is 7.60. The summed E-state index contributed by atoms with van der Waals surface area (Å²) in [6, 6.07) is 11.9. The summed E-state index contributed by atoms with van der Waals surface area (Å²) in [6.07, 6.45) is 8.27. The number of amidine groups is 1. The monoisotopic (exact) mass is 528 g/mol. The SMILES string of the molecule is CCOc1cc(/C=C2/SC(=Nc3ccccc3CC)N(C3CCCCC3)C2=O)cc(Br)c1O. The van der Waals surface area contributed by atoms with Gasteiger partial charge in [0.1, 0.15) is 0 Å². The van der Waals surface area contributed by atoms with Crippen LogP contribution in [-0.2, 0) is 11.2 Å². The van der Waals surface area contributed by atoms with Gasteiger partial charge in [-0.3, -0.25) is 9.69 Å². The van der Waals surface area contributed by atoms with Gasteiger partial charge in [-0.05, 0) is 89.3 Å². The van der Waals surface area contributed by atoms with E-state index in [1.807, 2.05) is 36.1 Å². The number of benzene rings is 2. The van der Waals surface area contributed by atoms with Gasteiger partial charge in [-0.1, -0.05) is 44.4 Å². The number of para-hydroxylation sites is 1. The van der Waals surface area contributed by atoms with Crippen molar-refractivity contribution in [2.75, 3.05) is 6.61 Å². The van der Waals surface area contributed by atoms with E-state index in [-0.39, 0.29) is 17.7 Å². The van der Waals surface area contributed by atoms with E-state index in [2.05, 4.69) is 28.9 Å². The van der Waals surface area contributed by atoms with Crippen LogP contribution >= 0.6 is 27.7 Å². The molecule has 2 aromatic carbocycles. The zero-order valence-corrected chi connectivity index (χ0v) is 21.4. The molecule has 0 aromatic heterocycles. The lowest BCUT2D eigenvalue weighted by Crippen LogP contribution is -2.40. The molecule has 7 heteroatoms. The number of hydrogen-bond acceptors (Lipinski definition) is 5. The third kappa shape index (κ3) is 5.30. The summed E-state index contributed by atoms with van der Waals surface area (Å²) < 4.78 is 6.09. The van der Waals surface area contributed by atoms with E-state index < -0.39 is 0 Å². The molecular weight excluding hydrogens is 500 g/mol. The van der Waals surface area contributed by atoms with Crippen molar-refractivity contribution in [3.8, 4) is 11.5 Å². The number of carbonyl (C=O) groups is 1. The molecule has 1 amide bonds. The van der Waals surface area contributed by atoms with Crippen LogP contribution in [0.4, 0.5) is 5.69 Å². The van der Waals surface area contributed by atoms with Gasteiger partial charge in [-0.2, -0.15) is 0 Å². The number of phenols is 1. The second kappa shape index (κ2) is 10.8. The minimum absolute atomic E-state index is 0.00165. The zero-order valence-electron chi connectivity index (χ0n) is 19.0. The number of amides is 1. The van der Waals surface area contributed by atoms with Gasteiger partial charge >= 0.3 is 0 Å². The lowest BCUT2D eigenvalue weighted by Gasteiger charge is -2.30. The first-order chi connectivity index (χ1) is 16.0. The van der Waals surface area contributed by atoms with Gasteiger partial charge in [0.15, 0.2) is 16.7 Å². The maximum absolute atomic E-state index is 13.6. The minimum atomic E-state index is 0.00165. The van der Waals surface area contributed by atoms with E-state index in [0.717, 1.165) is 48.5 Å². The topological polar surface area (TPSA) is 62.1 Å². The molecule has 0 radical (unpaired) electrons. The third-order valence-electron chi connectivity index (χ3n) is 6.01. The fraction of sp³-hybridized carbons (Fsp3) is 0.385. The van der Waals surface area contributed by atoms with Crippen molar-refractivity contribution in [1.82, 2.24) is 4.90 Å². The highest BCUT2D eigenvalue weighted by Crippen LogP contribution is 2.41. The summed E-state index contributed by atoms with van der Waals surface area (Å²) in [4.78, 5) is 21.1. The van der Waals surface area contributed by atoms with Gasteiger partial charge in [0, 0.05) is 6.04 Å². The first kappa shape index (κ1) is 23.9. The molecule has 1 saturated carbocycles. The van der Waals surface area contributed by atoms with Crippen LogP contribution in [0.5, 0.6) is 11.5 Å². The Morgan fingerprint density at radius 2 is 1.97 bits per heavy atom. The van der Waals surface area contributed by atoms with Crippen molar-refractivity contribution in [3.63, 3.8) is 0 Å². The molecule has 33 heavy (non-hydrogen) atoms. The van der Waals surface area contributed by atoms with Gasteiger partial charge in [0.2, 0.25) is 0 Å². The van der Waals surface area contributed by atoms with Crippen molar-refractivity contribution < 1.29 is 14.6 Å². The molecule has 2 aromatic rings. The molecule has 0 spiro atoms. The number of nitrogens with zero attached hydrogens (tertiary/aromatic N) is 2. The van der Waals surface area contributed by atoms with Gasteiger partial charge in [-0.25, -0.2) is 4.99 Å². The van der Waals surface area contributed by atoms with Gasteiger partial charge in [0.05, 0.1) is 21.7 Å². The second-order valence-electron chi connectivity index (χ2n) is 8.24. The number of phenolic OH excluding ortho intramolecular Hbond substituents is 1. The number of carbonyl (C=O) groups excluding carboxylic acids is 1. The molecule has 0 atom stereocenters. The number of aliphatic imine (C=N–C) groups is 1. The Morgan fingerprint density at radius 1 is 1.21 bits per heavy atom. The molecule has 1 aliphatic heterocycles. The standard InChI is InChI=1S/C26H29BrN2O3S/c1-3-18-10-8-9-13-21(18)28-26-29(19-11-6-5-7-12-19)25(31)23(33-26)16-17-14-20(27)24(30)22(15-17)32-4-2/h8-10,13-16,19,30H,3-7,11-12H2,1-2H3/b23-16+,28-26?. The van der Waals surface area contributed by atoms with E-state index >= 15 is 0 Å². The molecule has 1 aliphatic carbocycles. The summed E-state index contributed by atoms with van der Waals surface area (Å²) in [5, 5.41) is 11.0. The molecule has 1 N–H and O–H groups in total. The maximum atomic E-state index is 13.6. The van der Waals surface area contributed by atoms with Crippen LogP contribution in [0.25, 0.3) is 6.08 Å². The Balaban J connectivity index is 1.74. The first-order valence-corrected chi connectivity index (χ1v) is 13.2. The summed E-state index contributed by atoms with van der Waals surface area (Å²) >= 11 is 4.82. The lowest BCUT2D eigenvalue weighted by molar-refractivity contribution is -0.124. The number of halogens is 1. The van der Waals surface area contributed by atoms with Gasteiger partial charge in [-0.15, -0.1) is 0 Å². The molecule has 1 heterocycles. The molecule has 2 fully saturated rings. The molecule has 0 bridgehead atoms. The number of aryl methyl sites for hydroxylation is 1. The number of rotatable bonds is 6. The van der Waals surface area contributed by atoms with Crippen LogP contribution in [0.2, 0.25) is 0 Å². The number of aromatic hydroxyl groups is 1. The number of ether oxygens (including phenoxy) is 1. The first-order valence-electron chi connectivity index (χ1n) is 11.6. The van der Waals surface area contributed by atoms with Crippen molar-refractivity contribution in [1.29, 1.82) is 0 Å². The second-order valence-corrected chi connectivity index (χ2v) is 10.1. The van der Waals surface area contributed by atoms with E-state index in [4.69, 9.17) is 9.73 Å². The van der Waals surface area contributed by atoms with Crippen LogP contribution in [0.1, 0.15) is 57.1 Å². The fourth-order valence-corrected chi connectivity index (χ4v) is 5.85. The Morgan fingerprint density at radius 3 is 2.70 bits per heavy atom. The lowest BCUT2D eigenvalue weighted by atomic mass is 9.94. The van der Waals surface area contributed by atoms with Crippen LogP contribution < -0.4 is 4.74 Å². The van der Waals surface area contributed by atoms with E-state index in [9.17, 15) is 9.90 Å². The summed E-state index contributed by atoms with van der Waals surface area (Å²) in [5.74, 6) is 0.456. The summed E-state index contributed by atoms with van der Waals surface area (Å²) in [5.41, 5.74) is 2.88. The highest BCUT2D eigenvalue weighted by atomic mass is 79.9. The molecule has 2 aliphatic rings. The summed E-state index contributed by atoms with van der Waals surface area (Å²) in [6.45, 7) is 4.43. The van der Waals surface area contributed by atoms with Crippen molar-refractivity contribution in [3.05, 3.63) is 56.9 Å². The molecular formula is C26H29BrN2O3S. The largest absolute Gasteiger partial charge is 0.503 e. The van der Waals surface area contributed by atoms with E-state index in [0.29, 0.717) is 21.7 Å². The zero-order chi connectivity index (χ0) is 23.4. The number of thioether (sulfide) groups is 1. The maximum Gasteiger partial charge on any atom is 0.267 e. The van der Waals surface area contributed by atoms with Crippen LogP contribution in [0.15, 0.2) is 50.8 Å². The van der Waals surface area contributed by atoms with Crippen molar-refractivity contribution >= 4 is 50.5 Å². The van der Waals surface area contributed by atoms with E-state index in [1.54, 1.807) is 12.1 Å². The molecule has 0 unspecified atom stereocenters. The molecule has 4 rings (SSSR count). The van der Waals surface area contributed by atoms with Crippen LogP contribution in [-0.4, -0.2) is 33.7 Å². The normalized spacial score (nSPS) is 19.6. The van der Waals surface area contributed by atoms with Gasteiger partial charge in [0.25, 0.3) is 5.91 Å². The predicted molar refractivity (Wildman–Crippen MR) is 139 cm³/mol. The average Bonchev–Trinajstić information content (AvgIpc) is 3.12. The minimum Gasteiger partial charge on any atom is -0.503 e. The fourth-order valence-electron chi connectivity index (χ4n) is 4.34. The van der Waals surface area contributed by atoms with Crippen LogP contribution in [0.3, 0.4) is 0 Å². The smallest absolute Gasteiger partial charge is 0.267 e. The molecule has 174 valence electrons. The predicted octanol–water partition coefficient (Wildman–Crippen LogP) is 7.05. The Kier molecular flexibility index (Phi) is 7.81. The van der Waals surface area contributed by atoms with Gasteiger partial charge < -0.3 is 9.84 Å². The quantitative estimate of drug-likeness (QED) is 0.408. The number of hydrogen-bond donors (Lipinski definition) is 1. The highest BCUT2D eigenvalue weighted by Gasteiger charge is 2.38. The Bertz CT molecular complexity index is 1090.